The monoisotopic (exact) mass is 288 g/mol. The number of oxazole rings is 1. The van der Waals surface area contributed by atoms with Gasteiger partial charge in [0.1, 0.15) is 11.3 Å². The number of aromatic nitrogens is 1. The Balaban J connectivity index is 1.93. The molecule has 2 aromatic carbocycles. The fraction of sp³-hybridized carbons (Fsp3) is 0.133. The standard InChI is InChI=1S/C15H13FN2OS/c16-11-5-6-14(10(9-11)7-8-17)20-15-18-12-3-1-2-4-13(12)19-15/h1-6,9H,7-8,17H2. The van der Waals surface area contributed by atoms with E-state index in [0.717, 1.165) is 21.6 Å². The highest BCUT2D eigenvalue weighted by atomic mass is 32.2. The molecule has 0 amide bonds. The largest absolute Gasteiger partial charge is 0.431 e. The van der Waals surface area contributed by atoms with Crippen LogP contribution in [0.5, 0.6) is 0 Å². The van der Waals surface area contributed by atoms with Crippen molar-refractivity contribution in [3.05, 3.63) is 53.8 Å². The van der Waals surface area contributed by atoms with Crippen LogP contribution in [0.15, 0.2) is 57.0 Å². The Morgan fingerprint density at radius 3 is 2.85 bits per heavy atom. The maximum Gasteiger partial charge on any atom is 0.261 e. The van der Waals surface area contributed by atoms with Crippen LogP contribution in [0.1, 0.15) is 5.56 Å². The van der Waals surface area contributed by atoms with E-state index in [4.69, 9.17) is 10.2 Å². The Labute approximate surface area is 120 Å². The molecule has 0 bridgehead atoms. The lowest BCUT2D eigenvalue weighted by molar-refractivity contribution is 0.489. The van der Waals surface area contributed by atoms with Gasteiger partial charge < -0.3 is 10.2 Å². The molecule has 0 fully saturated rings. The quantitative estimate of drug-likeness (QED) is 0.796. The Bertz CT molecular complexity index is 709. The molecule has 5 heteroatoms. The smallest absolute Gasteiger partial charge is 0.261 e. The average molecular weight is 288 g/mol. The molecular formula is C15H13FN2OS. The van der Waals surface area contributed by atoms with Crippen LogP contribution in [0.3, 0.4) is 0 Å². The van der Waals surface area contributed by atoms with Gasteiger partial charge in [0.05, 0.1) is 0 Å². The van der Waals surface area contributed by atoms with Crippen molar-refractivity contribution in [2.24, 2.45) is 5.73 Å². The molecule has 3 rings (SSSR count). The molecule has 0 aliphatic heterocycles. The van der Waals surface area contributed by atoms with Crippen molar-refractivity contribution in [1.29, 1.82) is 0 Å². The zero-order valence-corrected chi connectivity index (χ0v) is 11.5. The molecular weight excluding hydrogens is 275 g/mol. The third-order valence-corrected chi connectivity index (χ3v) is 3.88. The summed E-state index contributed by atoms with van der Waals surface area (Å²) in [5.41, 5.74) is 8.00. The third kappa shape index (κ3) is 2.69. The zero-order valence-electron chi connectivity index (χ0n) is 10.7. The maximum atomic E-state index is 13.3. The molecule has 0 unspecified atom stereocenters. The summed E-state index contributed by atoms with van der Waals surface area (Å²) in [7, 11) is 0. The summed E-state index contributed by atoms with van der Waals surface area (Å²) in [6.07, 6.45) is 0.625. The molecule has 3 aromatic rings. The molecule has 1 heterocycles. The minimum atomic E-state index is -0.254. The molecule has 0 saturated heterocycles. The van der Waals surface area contributed by atoms with Gasteiger partial charge in [0.15, 0.2) is 5.58 Å². The van der Waals surface area contributed by atoms with Gasteiger partial charge in [0.2, 0.25) is 0 Å². The minimum Gasteiger partial charge on any atom is -0.431 e. The molecule has 3 nitrogen and oxygen atoms in total. The van der Waals surface area contributed by atoms with Crippen LogP contribution in [-0.2, 0) is 6.42 Å². The predicted octanol–water partition coefficient (Wildman–Crippen LogP) is 3.62. The van der Waals surface area contributed by atoms with E-state index in [9.17, 15) is 4.39 Å². The fourth-order valence-corrected chi connectivity index (χ4v) is 2.88. The topological polar surface area (TPSA) is 52.0 Å². The van der Waals surface area contributed by atoms with Gasteiger partial charge in [-0.25, -0.2) is 9.37 Å². The number of halogens is 1. The van der Waals surface area contributed by atoms with Crippen LogP contribution < -0.4 is 5.73 Å². The highest BCUT2D eigenvalue weighted by molar-refractivity contribution is 7.99. The predicted molar refractivity (Wildman–Crippen MR) is 77.3 cm³/mol. The highest BCUT2D eigenvalue weighted by Crippen LogP contribution is 2.32. The van der Waals surface area contributed by atoms with Gasteiger partial charge in [-0.15, -0.1) is 0 Å². The fourth-order valence-electron chi connectivity index (χ4n) is 1.99. The van der Waals surface area contributed by atoms with Gasteiger partial charge in [0.25, 0.3) is 5.22 Å². The zero-order chi connectivity index (χ0) is 13.9. The molecule has 0 saturated carbocycles. The first kappa shape index (κ1) is 13.1. The van der Waals surface area contributed by atoms with Crippen molar-refractivity contribution in [1.82, 2.24) is 4.98 Å². The molecule has 2 N–H and O–H groups in total. The SMILES string of the molecule is NCCc1cc(F)ccc1Sc1nc2ccccc2o1. The van der Waals surface area contributed by atoms with E-state index in [-0.39, 0.29) is 5.82 Å². The second-order valence-corrected chi connectivity index (χ2v) is 5.33. The Morgan fingerprint density at radius 2 is 2.05 bits per heavy atom. The summed E-state index contributed by atoms with van der Waals surface area (Å²) >= 11 is 1.39. The Morgan fingerprint density at radius 1 is 1.20 bits per heavy atom. The van der Waals surface area contributed by atoms with Gasteiger partial charge in [-0.1, -0.05) is 12.1 Å². The molecule has 102 valence electrons. The number of para-hydroxylation sites is 2. The molecule has 0 aliphatic carbocycles. The van der Waals surface area contributed by atoms with E-state index in [1.54, 1.807) is 6.07 Å². The lowest BCUT2D eigenvalue weighted by atomic mass is 10.1. The van der Waals surface area contributed by atoms with Gasteiger partial charge in [0, 0.05) is 4.90 Å². The second kappa shape index (κ2) is 5.64. The van der Waals surface area contributed by atoms with Crippen LogP contribution in [-0.4, -0.2) is 11.5 Å². The number of hydrogen-bond acceptors (Lipinski definition) is 4. The van der Waals surface area contributed by atoms with E-state index in [1.165, 1.54) is 23.9 Å². The molecule has 0 aliphatic rings. The second-order valence-electron chi connectivity index (χ2n) is 4.34. The third-order valence-electron chi connectivity index (χ3n) is 2.91. The average Bonchev–Trinajstić information content (AvgIpc) is 2.84. The summed E-state index contributed by atoms with van der Waals surface area (Å²) in [6, 6.07) is 12.3. The summed E-state index contributed by atoms with van der Waals surface area (Å²) in [4.78, 5) is 5.32. The Hall–Kier alpha value is -1.85. The summed E-state index contributed by atoms with van der Waals surface area (Å²) in [6.45, 7) is 0.477. The van der Waals surface area contributed by atoms with E-state index in [1.807, 2.05) is 24.3 Å². The van der Waals surface area contributed by atoms with E-state index >= 15 is 0 Å². The van der Waals surface area contributed by atoms with Gasteiger partial charge in [-0.05, 0) is 60.6 Å². The van der Waals surface area contributed by atoms with Gasteiger partial charge >= 0.3 is 0 Å². The van der Waals surface area contributed by atoms with Crippen molar-refractivity contribution in [2.75, 3.05) is 6.54 Å². The van der Waals surface area contributed by atoms with Crippen LogP contribution in [0, 0.1) is 5.82 Å². The van der Waals surface area contributed by atoms with Gasteiger partial charge in [-0.3, -0.25) is 0 Å². The number of fused-ring (bicyclic) bond motifs is 1. The van der Waals surface area contributed by atoms with Crippen LogP contribution in [0.2, 0.25) is 0 Å². The highest BCUT2D eigenvalue weighted by Gasteiger charge is 2.10. The number of nitrogens with two attached hydrogens (primary N) is 1. The summed E-state index contributed by atoms with van der Waals surface area (Å²) < 4.78 is 18.9. The number of hydrogen-bond donors (Lipinski definition) is 1. The van der Waals surface area contributed by atoms with E-state index in [0.29, 0.717) is 18.2 Å². The molecule has 1 aromatic heterocycles. The number of benzene rings is 2. The van der Waals surface area contributed by atoms with Crippen molar-refractivity contribution in [2.45, 2.75) is 16.5 Å². The Kier molecular flexibility index (Phi) is 3.71. The van der Waals surface area contributed by atoms with Crippen molar-refractivity contribution < 1.29 is 8.81 Å². The van der Waals surface area contributed by atoms with Crippen LogP contribution >= 0.6 is 11.8 Å². The first-order valence-electron chi connectivity index (χ1n) is 6.28. The van der Waals surface area contributed by atoms with Crippen molar-refractivity contribution in [3.8, 4) is 0 Å². The molecule has 20 heavy (non-hydrogen) atoms. The maximum absolute atomic E-state index is 13.3. The molecule has 0 radical (unpaired) electrons. The first-order valence-corrected chi connectivity index (χ1v) is 7.10. The number of rotatable bonds is 4. The van der Waals surface area contributed by atoms with Crippen LogP contribution in [0.25, 0.3) is 11.1 Å². The minimum absolute atomic E-state index is 0.254. The van der Waals surface area contributed by atoms with Crippen molar-refractivity contribution >= 4 is 22.9 Å². The van der Waals surface area contributed by atoms with Gasteiger partial charge in [-0.2, -0.15) is 0 Å². The first-order chi connectivity index (χ1) is 9.76. The normalized spacial score (nSPS) is 11.1. The summed E-state index contributed by atoms with van der Waals surface area (Å²) in [5, 5.41) is 0.552. The number of nitrogens with zero attached hydrogens (tertiary/aromatic N) is 1. The molecule has 0 spiro atoms. The summed E-state index contributed by atoms with van der Waals surface area (Å²) in [5.74, 6) is -0.254. The van der Waals surface area contributed by atoms with E-state index < -0.39 is 0 Å². The molecule has 0 atom stereocenters. The van der Waals surface area contributed by atoms with E-state index in [2.05, 4.69) is 4.98 Å². The van der Waals surface area contributed by atoms with Crippen molar-refractivity contribution in [3.63, 3.8) is 0 Å². The lowest BCUT2D eigenvalue weighted by Crippen LogP contribution is -2.04. The van der Waals surface area contributed by atoms with Crippen LogP contribution in [0.4, 0.5) is 4.39 Å². The lowest BCUT2D eigenvalue weighted by Gasteiger charge is -2.06.